The minimum Gasteiger partial charge on any atom is -0.494 e. The molecular formula is C27H28N2O4. The lowest BCUT2D eigenvalue weighted by molar-refractivity contribution is -0.126. The summed E-state index contributed by atoms with van der Waals surface area (Å²) in [6.45, 7) is 1.65. The molecule has 0 aromatic heterocycles. The van der Waals surface area contributed by atoms with Gasteiger partial charge in [0, 0.05) is 18.7 Å². The molecule has 1 heterocycles. The van der Waals surface area contributed by atoms with Crippen LogP contribution in [0, 0.1) is 0 Å². The maximum absolute atomic E-state index is 12.6. The number of unbranched alkanes of at least 4 members (excludes halogenated alkanes) is 1. The number of hydrogen-bond acceptors (Lipinski definition) is 4. The maximum atomic E-state index is 12.6. The second kappa shape index (κ2) is 11.2. The van der Waals surface area contributed by atoms with Gasteiger partial charge in [0.2, 0.25) is 11.8 Å². The zero-order valence-electron chi connectivity index (χ0n) is 18.5. The van der Waals surface area contributed by atoms with E-state index in [2.05, 4.69) is 10.6 Å². The molecule has 0 unspecified atom stereocenters. The molecule has 1 atom stereocenters. The van der Waals surface area contributed by atoms with Crippen LogP contribution < -0.4 is 20.1 Å². The predicted molar refractivity (Wildman–Crippen MR) is 127 cm³/mol. The number of carbonyl (C=O) groups is 2. The molecule has 3 aromatic carbocycles. The van der Waals surface area contributed by atoms with E-state index in [1.807, 2.05) is 78.9 Å². The van der Waals surface area contributed by atoms with Gasteiger partial charge in [-0.05, 0) is 54.3 Å². The number of fused-ring (bicyclic) bond motifs is 1. The van der Waals surface area contributed by atoms with Crippen molar-refractivity contribution in [1.29, 1.82) is 0 Å². The predicted octanol–water partition coefficient (Wildman–Crippen LogP) is 4.67. The van der Waals surface area contributed by atoms with Gasteiger partial charge in [-0.25, -0.2) is 0 Å². The Bertz CT molecular complexity index is 1070. The number of anilines is 1. The summed E-state index contributed by atoms with van der Waals surface area (Å²) in [5, 5.41) is 5.78. The van der Waals surface area contributed by atoms with E-state index >= 15 is 0 Å². The topological polar surface area (TPSA) is 76.7 Å². The van der Waals surface area contributed by atoms with Crippen molar-refractivity contribution in [3.05, 3.63) is 90.0 Å². The second-order valence-corrected chi connectivity index (χ2v) is 7.98. The van der Waals surface area contributed by atoms with Gasteiger partial charge >= 0.3 is 0 Å². The van der Waals surface area contributed by atoms with E-state index in [1.165, 1.54) is 0 Å². The summed E-state index contributed by atoms with van der Waals surface area (Å²) in [7, 11) is 0. The highest BCUT2D eigenvalue weighted by Crippen LogP contribution is 2.31. The Labute approximate surface area is 193 Å². The molecule has 0 aliphatic carbocycles. The quantitative estimate of drug-likeness (QED) is 0.446. The molecule has 1 aliphatic rings. The molecular weight excluding hydrogens is 416 g/mol. The van der Waals surface area contributed by atoms with Crippen molar-refractivity contribution in [2.45, 2.75) is 31.8 Å². The van der Waals surface area contributed by atoms with Crippen LogP contribution in [0.15, 0.2) is 78.9 Å². The van der Waals surface area contributed by atoms with Crippen molar-refractivity contribution in [2.75, 3.05) is 18.5 Å². The Hall–Kier alpha value is -3.80. The molecule has 0 saturated heterocycles. The third-order valence-corrected chi connectivity index (χ3v) is 5.53. The van der Waals surface area contributed by atoms with Crippen LogP contribution in [0.5, 0.6) is 11.5 Å². The first-order valence-electron chi connectivity index (χ1n) is 11.2. The van der Waals surface area contributed by atoms with E-state index in [-0.39, 0.29) is 18.2 Å². The van der Waals surface area contributed by atoms with Crippen molar-refractivity contribution >= 4 is 17.5 Å². The van der Waals surface area contributed by atoms with Gasteiger partial charge in [-0.2, -0.15) is 0 Å². The summed E-state index contributed by atoms with van der Waals surface area (Å²) in [5.41, 5.74) is 2.72. The molecule has 33 heavy (non-hydrogen) atoms. The standard InChI is InChI=1S/C27H28N2O4/c30-26-18-24(23-10-4-5-11-25(23)29-26)27(31)28-16-6-7-17-32-21-12-14-22(15-13-21)33-19-20-8-2-1-3-9-20/h1-5,8-15,24H,6-7,16-19H2,(H,28,31)(H,29,30)/t24-/m0/s1. The Kier molecular flexibility index (Phi) is 7.59. The van der Waals surface area contributed by atoms with Crippen LogP contribution in [-0.4, -0.2) is 25.0 Å². The van der Waals surface area contributed by atoms with Crippen molar-refractivity contribution in [2.24, 2.45) is 0 Å². The van der Waals surface area contributed by atoms with Crippen molar-refractivity contribution in [3.8, 4) is 11.5 Å². The SMILES string of the molecule is O=C1C[C@H](C(=O)NCCCCOc2ccc(OCc3ccccc3)cc2)c2ccccc2N1. The molecule has 3 aromatic rings. The van der Waals surface area contributed by atoms with E-state index in [9.17, 15) is 9.59 Å². The number of hydrogen-bond donors (Lipinski definition) is 2. The van der Waals surface area contributed by atoms with E-state index in [4.69, 9.17) is 9.47 Å². The minimum absolute atomic E-state index is 0.107. The number of nitrogens with one attached hydrogen (secondary N) is 2. The summed E-state index contributed by atoms with van der Waals surface area (Å²) in [6, 6.07) is 25.1. The highest BCUT2D eigenvalue weighted by molar-refractivity contribution is 6.01. The molecule has 1 aliphatic heterocycles. The monoisotopic (exact) mass is 444 g/mol. The molecule has 2 amide bonds. The van der Waals surface area contributed by atoms with Gasteiger partial charge in [0.15, 0.2) is 0 Å². The first kappa shape index (κ1) is 22.4. The Morgan fingerprint density at radius 2 is 1.58 bits per heavy atom. The number of para-hydroxylation sites is 1. The molecule has 4 rings (SSSR count). The lowest BCUT2D eigenvalue weighted by Gasteiger charge is -2.24. The van der Waals surface area contributed by atoms with Gasteiger partial charge < -0.3 is 20.1 Å². The molecule has 0 spiro atoms. The van der Waals surface area contributed by atoms with Crippen molar-refractivity contribution < 1.29 is 19.1 Å². The van der Waals surface area contributed by atoms with Crippen molar-refractivity contribution in [3.63, 3.8) is 0 Å². The maximum Gasteiger partial charge on any atom is 0.228 e. The minimum atomic E-state index is -0.436. The smallest absolute Gasteiger partial charge is 0.228 e. The molecule has 6 heteroatoms. The zero-order valence-corrected chi connectivity index (χ0v) is 18.5. The van der Waals surface area contributed by atoms with E-state index in [0.29, 0.717) is 19.8 Å². The van der Waals surface area contributed by atoms with Gasteiger partial charge in [0.25, 0.3) is 0 Å². The van der Waals surface area contributed by atoms with Crippen LogP contribution in [-0.2, 0) is 16.2 Å². The van der Waals surface area contributed by atoms with Crippen LogP contribution in [0.3, 0.4) is 0 Å². The average Bonchev–Trinajstić information content (AvgIpc) is 2.85. The summed E-state index contributed by atoms with van der Waals surface area (Å²) >= 11 is 0. The molecule has 0 fully saturated rings. The molecule has 6 nitrogen and oxygen atoms in total. The number of benzene rings is 3. The number of carbonyl (C=O) groups excluding carboxylic acids is 2. The average molecular weight is 445 g/mol. The van der Waals surface area contributed by atoms with Crippen LogP contribution >= 0.6 is 0 Å². The Morgan fingerprint density at radius 3 is 2.36 bits per heavy atom. The highest BCUT2D eigenvalue weighted by Gasteiger charge is 2.29. The molecule has 2 N–H and O–H groups in total. The van der Waals surface area contributed by atoms with Crippen LogP contribution in [0.1, 0.15) is 36.3 Å². The first-order valence-corrected chi connectivity index (χ1v) is 11.2. The Morgan fingerprint density at radius 1 is 0.879 bits per heavy atom. The van der Waals surface area contributed by atoms with E-state index in [0.717, 1.165) is 41.2 Å². The summed E-state index contributed by atoms with van der Waals surface area (Å²) in [5.74, 6) is 0.916. The lowest BCUT2D eigenvalue weighted by Crippen LogP contribution is -2.35. The van der Waals surface area contributed by atoms with Gasteiger partial charge in [-0.1, -0.05) is 48.5 Å². The lowest BCUT2D eigenvalue weighted by atomic mass is 9.90. The zero-order chi connectivity index (χ0) is 22.9. The molecule has 0 bridgehead atoms. The van der Waals surface area contributed by atoms with Gasteiger partial charge in [-0.15, -0.1) is 0 Å². The molecule has 170 valence electrons. The fourth-order valence-corrected chi connectivity index (χ4v) is 3.77. The fraction of sp³-hybridized carbons (Fsp3) is 0.259. The molecule has 0 saturated carbocycles. The van der Waals surface area contributed by atoms with Gasteiger partial charge in [0.1, 0.15) is 18.1 Å². The van der Waals surface area contributed by atoms with E-state index < -0.39 is 5.92 Å². The van der Waals surface area contributed by atoms with Crippen LogP contribution in [0.4, 0.5) is 5.69 Å². The summed E-state index contributed by atoms with van der Waals surface area (Å²) in [4.78, 5) is 24.5. The third kappa shape index (κ3) is 6.35. The fourth-order valence-electron chi connectivity index (χ4n) is 3.77. The third-order valence-electron chi connectivity index (χ3n) is 5.53. The van der Waals surface area contributed by atoms with Crippen molar-refractivity contribution in [1.82, 2.24) is 5.32 Å². The molecule has 0 radical (unpaired) electrons. The highest BCUT2D eigenvalue weighted by atomic mass is 16.5. The summed E-state index contributed by atoms with van der Waals surface area (Å²) < 4.78 is 11.6. The summed E-state index contributed by atoms with van der Waals surface area (Å²) in [6.07, 6.45) is 1.79. The Balaban J connectivity index is 1.13. The number of rotatable bonds is 10. The first-order chi connectivity index (χ1) is 16.2. The van der Waals surface area contributed by atoms with Crippen LogP contribution in [0.2, 0.25) is 0 Å². The van der Waals surface area contributed by atoms with E-state index in [1.54, 1.807) is 0 Å². The number of amides is 2. The number of ether oxygens (including phenoxy) is 2. The largest absolute Gasteiger partial charge is 0.494 e. The normalized spacial score (nSPS) is 14.7. The van der Waals surface area contributed by atoms with Crippen LogP contribution in [0.25, 0.3) is 0 Å². The van der Waals surface area contributed by atoms with Gasteiger partial charge in [0.05, 0.1) is 12.5 Å². The van der Waals surface area contributed by atoms with Gasteiger partial charge in [-0.3, -0.25) is 9.59 Å². The second-order valence-electron chi connectivity index (χ2n) is 7.98.